The molecule has 1 saturated heterocycles. The number of anilines is 1. The fourth-order valence-electron chi connectivity index (χ4n) is 3.78. The van der Waals surface area contributed by atoms with E-state index in [-0.39, 0.29) is 11.9 Å². The molecule has 1 aliphatic rings. The molecule has 1 fully saturated rings. The molecule has 1 aliphatic heterocycles. The summed E-state index contributed by atoms with van der Waals surface area (Å²) in [5, 5.41) is 0. The molecule has 26 heavy (non-hydrogen) atoms. The van der Waals surface area contributed by atoms with Crippen molar-refractivity contribution < 1.29 is 4.79 Å². The van der Waals surface area contributed by atoms with Gasteiger partial charge in [0.2, 0.25) is 5.91 Å². The highest BCUT2D eigenvalue weighted by molar-refractivity contribution is 5.77. The first kappa shape index (κ1) is 18.5. The average molecular weight is 354 g/mol. The molecule has 0 unspecified atom stereocenters. The number of amides is 1. The summed E-state index contributed by atoms with van der Waals surface area (Å²) in [6, 6.07) is 6.68. The minimum atomic E-state index is 0.215. The number of rotatable bonds is 6. The average Bonchev–Trinajstić information content (AvgIpc) is 3.18. The molecule has 1 aromatic heterocycles. The maximum atomic E-state index is 12.8. The third-order valence-corrected chi connectivity index (χ3v) is 5.53. The van der Waals surface area contributed by atoms with Crippen LogP contribution in [0, 0.1) is 13.8 Å². The van der Waals surface area contributed by atoms with Crippen LogP contribution in [0.5, 0.6) is 0 Å². The van der Waals surface area contributed by atoms with Crippen LogP contribution in [-0.4, -0.2) is 46.5 Å². The molecule has 1 aromatic carbocycles. The SMILES string of the molecule is CCC[C@H](CC(=O)N1CCN(c2cccc(C)c2C)CC1)n1ccnc1. The summed E-state index contributed by atoms with van der Waals surface area (Å²) in [4.78, 5) is 21.4. The van der Waals surface area contributed by atoms with E-state index in [0.29, 0.717) is 6.42 Å². The van der Waals surface area contributed by atoms with Crippen LogP contribution in [0.15, 0.2) is 36.9 Å². The second-order valence-corrected chi connectivity index (χ2v) is 7.24. The molecule has 2 heterocycles. The number of aryl methyl sites for hydroxylation is 1. The van der Waals surface area contributed by atoms with Crippen molar-refractivity contribution in [1.82, 2.24) is 14.5 Å². The van der Waals surface area contributed by atoms with Gasteiger partial charge in [0.1, 0.15) is 0 Å². The maximum Gasteiger partial charge on any atom is 0.224 e. The zero-order valence-corrected chi connectivity index (χ0v) is 16.2. The Morgan fingerprint density at radius 2 is 1.96 bits per heavy atom. The molecule has 0 saturated carbocycles. The molecule has 5 heteroatoms. The van der Waals surface area contributed by atoms with E-state index in [2.05, 4.69) is 53.4 Å². The van der Waals surface area contributed by atoms with E-state index in [1.165, 1.54) is 16.8 Å². The monoisotopic (exact) mass is 354 g/mol. The largest absolute Gasteiger partial charge is 0.368 e. The Hall–Kier alpha value is -2.30. The third kappa shape index (κ3) is 4.09. The molecule has 2 aromatic rings. The molecule has 0 N–H and O–H groups in total. The van der Waals surface area contributed by atoms with Gasteiger partial charge >= 0.3 is 0 Å². The summed E-state index contributed by atoms with van der Waals surface area (Å²) in [5.74, 6) is 0.262. The van der Waals surface area contributed by atoms with Gasteiger partial charge in [-0.2, -0.15) is 0 Å². The lowest BCUT2D eigenvalue weighted by Gasteiger charge is -2.37. The minimum absolute atomic E-state index is 0.215. The predicted molar refractivity (Wildman–Crippen MR) is 105 cm³/mol. The van der Waals surface area contributed by atoms with Gasteiger partial charge in [-0.15, -0.1) is 0 Å². The maximum absolute atomic E-state index is 12.8. The van der Waals surface area contributed by atoms with Crippen LogP contribution in [0.25, 0.3) is 0 Å². The van der Waals surface area contributed by atoms with Gasteiger partial charge in [-0.3, -0.25) is 4.79 Å². The lowest BCUT2D eigenvalue weighted by molar-refractivity contribution is -0.132. The number of benzene rings is 1. The number of carbonyl (C=O) groups is 1. The van der Waals surface area contributed by atoms with Gasteiger partial charge in [0, 0.05) is 56.7 Å². The van der Waals surface area contributed by atoms with Crippen molar-refractivity contribution in [2.24, 2.45) is 0 Å². The van der Waals surface area contributed by atoms with Crippen molar-refractivity contribution in [1.29, 1.82) is 0 Å². The van der Waals surface area contributed by atoms with E-state index in [9.17, 15) is 4.79 Å². The van der Waals surface area contributed by atoms with E-state index < -0.39 is 0 Å². The number of aromatic nitrogens is 2. The quantitative estimate of drug-likeness (QED) is 0.796. The van der Waals surface area contributed by atoms with Crippen LogP contribution >= 0.6 is 0 Å². The summed E-state index contributed by atoms with van der Waals surface area (Å²) < 4.78 is 2.08. The zero-order chi connectivity index (χ0) is 18.5. The van der Waals surface area contributed by atoms with Crippen LogP contribution in [0.1, 0.15) is 43.4 Å². The fourth-order valence-corrected chi connectivity index (χ4v) is 3.78. The number of nitrogens with zero attached hydrogens (tertiary/aromatic N) is 4. The molecule has 5 nitrogen and oxygen atoms in total. The van der Waals surface area contributed by atoms with Gasteiger partial charge in [0.05, 0.1) is 6.33 Å². The fraction of sp³-hybridized carbons (Fsp3) is 0.524. The highest BCUT2D eigenvalue weighted by Gasteiger charge is 2.24. The Kier molecular flexibility index (Phi) is 5.96. The van der Waals surface area contributed by atoms with Crippen molar-refractivity contribution in [3.05, 3.63) is 48.0 Å². The molecule has 1 amide bonds. The van der Waals surface area contributed by atoms with Gasteiger partial charge in [-0.25, -0.2) is 4.98 Å². The molecule has 0 radical (unpaired) electrons. The van der Waals surface area contributed by atoms with E-state index in [1.807, 2.05) is 17.4 Å². The van der Waals surface area contributed by atoms with E-state index in [1.54, 1.807) is 6.20 Å². The molecular weight excluding hydrogens is 324 g/mol. The van der Waals surface area contributed by atoms with Crippen molar-refractivity contribution in [3.63, 3.8) is 0 Å². The minimum Gasteiger partial charge on any atom is -0.368 e. The first-order valence-corrected chi connectivity index (χ1v) is 9.66. The number of imidazole rings is 1. The standard InChI is InChI=1S/C21H30N4O/c1-4-6-19(25-10-9-22-16-25)15-21(26)24-13-11-23(12-14-24)20-8-5-7-17(2)18(20)3/h5,7-10,16,19H,4,6,11-15H2,1-3H3/t19-/m1/s1. The van der Waals surface area contributed by atoms with Crippen LogP contribution in [0.2, 0.25) is 0 Å². The molecule has 0 spiro atoms. The normalized spacial score (nSPS) is 16.0. The van der Waals surface area contributed by atoms with E-state index in [0.717, 1.165) is 39.0 Å². The van der Waals surface area contributed by atoms with Crippen LogP contribution < -0.4 is 4.90 Å². The highest BCUT2D eigenvalue weighted by atomic mass is 16.2. The van der Waals surface area contributed by atoms with Crippen LogP contribution in [0.3, 0.4) is 0 Å². The number of hydrogen-bond donors (Lipinski definition) is 0. The summed E-state index contributed by atoms with van der Waals surface area (Å²) >= 11 is 0. The summed E-state index contributed by atoms with van der Waals surface area (Å²) in [6.07, 6.45) is 8.21. The summed E-state index contributed by atoms with van der Waals surface area (Å²) in [6.45, 7) is 9.91. The summed E-state index contributed by atoms with van der Waals surface area (Å²) in [5.41, 5.74) is 3.97. The Morgan fingerprint density at radius 1 is 1.19 bits per heavy atom. The lowest BCUT2D eigenvalue weighted by Crippen LogP contribution is -2.49. The molecule has 0 aliphatic carbocycles. The van der Waals surface area contributed by atoms with Gasteiger partial charge in [0.25, 0.3) is 0 Å². The topological polar surface area (TPSA) is 41.4 Å². The smallest absolute Gasteiger partial charge is 0.224 e. The van der Waals surface area contributed by atoms with Gasteiger partial charge < -0.3 is 14.4 Å². The van der Waals surface area contributed by atoms with Crippen LogP contribution in [0.4, 0.5) is 5.69 Å². The molecule has 3 rings (SSSR count). The van der Waals surface area contributed by atoms with Crippen molar-refractivity contribution >= 4 is 11.6 Å². The van der Waals surface area contributed by atoms with Gasteiger partial charge in [-0.05, 0) is 37.5 Å². The number of piperazine rings is 1. The van der Waals surface area contributed by atoms with Gasteiger partial charge in [0.15, 0.2) is 0 Å². The second kappa shape index (κ2) is 8.39. The van der Waals surface area contributed by atoms with Crippen molar-refractivity contribution in [2.45, 2.75) is 46.1 Å². The zero-order valence-electron chi connectivity index (χ0n) is 16.2. The summed E-state index contributed by atoms with van der Waals surface area (Å²) in [7, 11) is 0. The molecule has 1 atom stereocenters. The Labute approximate surface area is 156 Å². The van der Waals surface area contributed by atoms with Crippen molar-refractivity contribution in [2.75, 3.05) is 31.1 Å². The third-order valence-electron chi connectivity index (χ3n) is 5.53. The highest BCUT2D eigenvalue weighted by Crippen LogP contribution is 2.25. The number of hydrogen-bond acceptors (Lipinski definition) is 3. The molecular formula is C21H30N4O. The predicted octanol–water partition coefficient (Wildman–Crippen LogP) is 3.58. The first-order valence-electron chi connectivity index (χ1n) is 9.66. The second-order valence-electron chi connectivity index (χ2n) is 7.24. The Morgan fingerprint density at radius 3 is 2.62 bits per heavy atom. The van der Waals surface area contributed by atoms with E-state index in [4.69, 9.17) is 0 Å². The molecule has 140 valence electrons. The number of carbonyl (C=O) groups excluding carboxylic acids is 1. The van der Waals surface area contributed by atoms with Crippen molar-refractivity contribution in [3.8, 4) is 0 Å². The van der Waals surface area contributed by atoms with Crippen LogP contribution in [-0.2, 0) is 4.79 Å². The first-order chi connectivity index (χ1) is 12.6. The van der Waals surface area contributed by atoms with Gasteiger partial charge in [-0.1, -0.05) is 25.5 Å². The Balaban J connectivity index is 1.58. The van der Waals surface area contributed by atoms with E-state index >= 15 is 0 Å². The molecule has 0 bridgehead atoms. The Bertz CT molecular complexity index is 718. The lowest BCUT2D eigenvalue weighted by atomic mass is 10.1.